The number of fused-ring (bicyclic) bond motifs is 1. The predicted octanol–water partition coefficient (Wildman–Crippen LogP) is 2.86. The summed E-state index contributed by atoms with van der Waals surface area (Å²) in [6, 6.07) is 9.62. The lowest BCUT2D eigenvalue weighted by molar-refractivity contribution is 0.0371. The number of carbonyl (C=O) groups excluding carboxylic acids is 1. The number of ether oxygens (including phenoxy) is 1. The minimum Gasteiger partial charge on any atom is -0.379 e. The van der Waals surface area contributed by atoms with Gasteiger partial charge in [-0.05, 0) is 31.5 Å². The van der Waals surface area contributed by atoms with Crippen molar-refractivity contribution in [3.05, 3.63) is 36.5 Å². The number of morpholine rings is 1. The summed E-state index contributed by atoms with van der Waals surface area (Å²) in [6.45, 7) is 5.60. The Morgan fingerprint density at radius 3 is 2.88 bits per heavy atom. The van der Waals surface area contributed by atoms with Crippen LogP contribution in [0.2, 0.25) is 0 Å². The molecule has 2 aromatic rings. The zero-order chi connectivity index (χ0) is 17.3. The Bertz CT molecular complexity index is 686. The molecule has 2 heterocycles. The van der Waals surface area contributed by atoms with Crippen LogP contribution in [0.1, 0.15) is 19.3 Å². The molecule has 0 aliphatic carbocycles. The number of hydrogen-bond donors (Lipinski definition) is 2. The molecule has 0 spiro atoms. The van der Waals surface area contributed by atoms with Crippen LogP contribution in [0.25, 0.3) is 10.9 Å². The number of para-hydroxylation sites is 1. The second-order valence-electron chi connectivity index (χ2n) is 6.31. The third-order valence-electron chi connectivity index (χ3n) is 4.39. The van der Waals surface area contributed by atoms with Crippen LogP contribution in [0.3, 0.4) is 0 Å². The summed E-state index contributed by atoms with van der Waals surface area (Å²) in [5.41, 5.74) is 1.64. The van der Waals surface area contributed by atoms with E-state index < -0.39 is 0 Å². The van der Waals surface area contributed by atoms with E-state index in [-0.39, 0.29) is 6.03 Å². The first kappa shape index (κ1) is 17.6. The number of rotatable bonds is 7. The monoisotopic (exact) mass is 342 g/mol. The topological polar surface area (TPSA) is 66.5 Å². The number of aromatic nitrogens is 1. The van der Waals surface area contributed by atoms with Gasteiger partial charge in [0.1, 0.15) is 0 Å². The Morgan fingerprint density at radius 1 is 1.16 bits per heavy atom. The van der Waals surface area contributed by atoms with Crippen molar-refractivity contribution in [1.29, 1.82) is 0 Å². The van der Waals surface area contributed by atoms with Crippen LogP contribution >= 0.6 is 0 Å². The quantitative estimate of drug-likeness (QED) is 0.760. The molecule has 134 valence electrons. The van der Waals surface area contributed by atoms with Gasteiger partial charge in [-0.1, -0.05) is 24.6 Å². The molecule has 0 radical (unpaired) electrons. The minimum absolute atomic E-state index is 0.176. The fourth-order valence-electron chi connectivity index (χ4n) is 2.98. The molecule has 2 N–H and O–H groups in total. The van der Waals surface area contributed by atoms with Crippen molar-refractivity contribution < 1.29 is 9.53 Å². The number of benzene rings is 1. The predicted molar refractivity (Wildman–Crippen MR) is 99.9 cm³/mol. The van der Waals surface area contributed by atoms with Gasteiger partial charge in [-0.3, -0.25) is 9.88 Å². The Balaban J connectivity index is 1.31. The van der Waals surface area contributed by atoms with E-state index in [1.807, 2.05) is 30.3 Å². The van der Waals surface area contributed by atoms with Crippen LogP contribution in [-0.4, -0.2) is 55.3 Å². The Kier molecular flexibility index (Phi) is 6.59. The minimum atomic E-state index is -0.176. The molecule has 0 unspecified atom stereocenters. The Hall–Kier alpha value is -2.18. The molecule has 2 amide bonds. The van der Waals surface area contributed by atoms with Gasteiger partial charge in [-0.2, -0.15) is 0 Å². The third-order valence-corrected chi connectivity index (χ3v) is 4.39. The normalized spacial score (nSPS) is 15.2. The van der Waals surface area contributed by atoms with Crippen molar-refractivity contribution >= 4 is 22.6 Å². The number of unbranched alkanes of at least 4 members (excludes halogenated alkanes) is 2. The molecule has 6 heteroatoms. The van der Waals surface area contributed by atoms with E-state index in [4.69, 9.17) is 4.74 Å². The van der Waals surface area contributed by atoms with Crippen LogP contribution in [0.5, 0.6) is 0 Å². The summed E-state index contributed by atoms with van der Waals surface area (Å²) in [5, 5.41) is 6.77. The van der Waals surface area contributed by atoms with Crippen molar-refractivity contribution in [2.45, 2.75) is 19.3 Å². The molecular formula is C19H26N4O2. The SMILES string of the molecule is O=C(NCCCCCN1CCOCC1)Nc1cnc2ccccc2c1. The van der Waals surface area contributed by atoms with Gasteiger partial charge >= 0.3 is 6.03 Å². The zero-order valence-electron chi connectivity index (χ0n) is 14.5. The van der Waals surface area contributed by atoms with E-state index in [2.05, 4.69) is 20.5 Å². The molecule has 0 atom stereocenters. The third kappa shape index (κ3) is 5.69. The molecule has 1 aromatic carbocycles. The lowest BCUT2D eigenvalue weighted by atomic mass is 10.2. The number of hydrogen-bond acceptors (Lipinski definition) is 4. The number of nitrogens with zero attached hydrogens (tertiary/aromatic N) is 2. The van der Waals surface area contributed by atoms with E-state index in [9.17, 15) is 4.79 Å². The van der Waals surface area contributed by atoms with Gasteiger partial charge in [-0.25, -0.2) is 4.79 Å². The van der Waals surface area contributed by atoms with Crippen LogP contribution in [0, 0.1) is 0 Å². The lowest BCUT2D eigenvalue weighted by Gasteiger charge is -2.26. The molecule has 1 fully saturated rings. The highest BCUT2D eigenvalue weighted by atomic mass is 16.5. The average molecular weight is 342 g/mol. The highest BCUT2D eigenvalue weighted by Gasteiger charge is 2.09. The van der Waals surface area contributed by atoms with Crippen molar-refractivity contribution in [3.63, 3.8) is 0 Å². The Labute approximate surface area is 148 Å². The molecule has 1 saturated heterocycles. The first-order chi connectivity index (χ1) is 12.3. The zero-order valence-corrected chi connectivity index (χ0v) is 14.5. The maximum Gasteiger partial charge on any atom is 0.319 e. The van der Waals surface area contributed by atoms with Gasteiger partial charge in [-0.15, -0.1) is 0 Å². The second-order valence-corrected chi connectivity index (χ2v) is 6.31. The van der Waals surface area contributed by atoms with Gasteiger partial charge in [0.15, 0.2) is 0 Å². The first-order valence-electron chi connectivity index (χ1n) is 9.01. The highest BCUT2D eigenvalue weighted by Crippen LogP contribution is 2.15. The van der Waals surface area contributed by atoms with E-state index in [0.717, 1.165) is 63.0 Å². The van der Waals surface area contributed by atoms with Crippen LogP contribution < -0.4 is 10.6 Å². The van der Waals surface area contributed by atoms with Crippen molar-refractivity contribution in [2.75, 3.05) is 44.7 Å². The molecule has 25 heavy (non-hydrogen) atoms. The summed E-state index contributed by atoms with van der Waals surface area (Å²) in [4.78, 5) is 18.7. The smallest absolute Gasteiger partial charge is 0.319 e. The molecule has 0 saturated carbocycles. The highest BCUT2D eigenvalue weighted by molar-refractivity contribution is 5.91. The molecule has 6 nitrogen and oxygen atoms in total. The number of urea groups is 1. The summed E-state index contributed by atoms with van der Waals surface area (Å²) in [7, 11) is 0. The standard InChI is InChI=1S/C19H26N4O2/c24-19(20-8-4-1-5-9-23-10-12-25-13-11-23)22-17-14-16-6-2-3-7-18(16)21-15-17/h2-3,6-7,14-15H,1,4-5,8-13H2,(H2,20,22,24). The maximum absolute atomic E-state index is 12.0. The number of pyridine rings is 1. The van der Waals surface area contributed by atoms with Crippen molar-refractivity contribution in [1.82, 2.24) is 15.2 Å². The van der Waals surface area contributed by atoms with Gasteiger partial charge < -0.3 is 15.4 Å². The van der Waals surface area contributed by atoms with Gasteiger partial charge in [0.25, 0.3) is 0 Å². The largest absolute Gasteiger partial charge is 0.379 e. The van der Waals surface area contributed by atoms with E-state index in [0.29, 0.717) is 12.2 Å². The molecule has 3 rings (SSSR count). The van der Waals surface area contributed by atoms with Crippen molar-refractivity contribution in [2.24, 2.45) is 0 Å². The van der Waals surface area contributed by atoms with E-state index in [1.54, 1.807) is 6.20 Å². The molecular weight excluding hydrogens is 316 g/mol. The van der Waals surface area contributed by atoms with Crippen molar-refractivity contribution in [3.8, 4) is 0 Å². The Morgan fingerprint density at radius 2 is 2.00 bits per heavy atom. The first-order valence-corrected chi connectivity index (χ1v) is 9.01. The van der Waals surface area contributed by atoms with Gasteiger partial charge in [0, 0.05) is 25.0 Å². The fourth-order valence-corrected chi connectivity index (χ4v) is 2.98. The molecule has 1 aliphatic heterocycles. The average Bonchev–Trinajstić information content (AvgIpc) is 2.65. The number of carbonyl (C=O) groups is 1. The lowest BCUT2D eigenvalue weighted by Crippen LogP contribution is -2.36. The van der Waals surface area contributed by atoms with E-state index in [1.165, 1.54) is 0 Å². The molecule has 1 aromatic heterocycles. The van der Waals surface area contributed by atoms with Gasteiger partial charge in [0.05, 0.1) is 30.6 Å². The maximum atomic E-state index is 12.0. The summed E-state index contributed by atoms with van der Waals surface area (Å²) < 4.78 is 5.34. The van der Waals surface area contributed by atoms with Gasteiger partial charge in [0.2, 0.25) is 0 Å². The summed E-state index contributed by atoms with van der Waals surface area (Å²) >= 11 is 0. The molecule has 1 aliphatic rings. The van der Waals surface area contributed by atoms with Crippen LogP contribution in [0.15, 0.2) is 36.5 Å². The number of anilines is 1. The van der Waals surface area contributed by atoms with Crippen LogP contribution in [-0.2, 0) is 4.74 Å². The number of nitrogens with one attached hydrogen (secondary N) is 2. The summed E-state index contributed by atoms with van der Waals surface area (Å²) in [6.07, 6.45) is 4.96. The molecule has 0 bridgehead atoms. The second kappa shape index (κ2) is 9.34. The van der Waals surface area contributed by atoms with E-state index >= 15 is 0 Å². The fraction of sp³-hybridized carbons (Fsp3) is 0.474. The number of amides is 2. The van der Waals surface area contributed by atoms with Crippen LogP contribution in [0.4, 0.5) is 10.5 Å². The summed E-state index contributed by atoms with van der Waals surface area (Å²) in [5.74, 6) is 0.